The molecule has 0 aliphatic carbocycles. The van der Waals surface area contributed by atoms with Crippen LogP contribution in [0, 0.1) is 6.92 Å². The average molecular weight is 278 g/mol. The van der Waals surface area contributed by atoms with Gasteiger partial charge in [0.05, 0.1) is 6.54 Å². The number of nitrogens with zero attached hydrogens (tertiary/aromatic N) is 3. The third-order valence-electron chi connectivity index (χ3n) is 3.66. The number of aromatic nitrogens is 2. The van der Waals surface area contributed by atoms with Gasteiger partial charge in [0.25, 0.3) is 0 Å². The van der Waals surface area contributed by atoms with Crippen molar-refractivity contribution < 1.29 is 4.74 Å². The molecule has 0 amide bonds. The molecule has 1 aliphatic rings. The van der Waals surface area contributed by atoms with Crippen molar-refractivity contribution in [3.05, 3.63) is 17.6 Å². The molecule has 112 valence electrons. The standard InChI is InChI=1S/C15H26N4O/c1-4-7-16-14-10-12(2)17-15(18-14)11-19(3)13-5-8-20-9-6-13/h10,13H,4-9,11H2,1-3H3,(H,16,17,18). The summed E-state index contributed by atoms with van der Waals surface area (Å²) in [5.74, 6) is 1.84. The molecule has 1 fully saturated rings. The summed E-state index contributed by atoms with van der Waals surface area (Å²) in [5, 5.41) is 3.34. The van der Waals surface area contributed by atoms with Gasteiger partial charge in [-0.25, -0.2) is 9.97 Å². The fourth-order valence-corrected chi connectivity index (χ4v) is 2.52. The van der Waals surface area contributed by atoms with E-state index in [1.54, 1.807) is 0 Å². The Morgan fingerprint density at radius 1 is 1.35 bits per heavy atom. The van der Waals surface area contributed by atoms with Gasteiger partial charge in [0.15, 0.2) is 0 Å². The van der Waals surface area contributed by atoms with Crippen molar-refractivity contribution in [2.24, 2.45) is 0 Å². The van der Waals surface area contributed by atoms with Crippen molar-refractivity contribution in [1.29, 1.82) is 0 Å². The van der Waals surface area contributed by atoms with Crippen molar-refractivity contribution in [2.45, 2.75) is 45.7 Å². The number of anilines is 1. The van der Waals surface area contributed by atoms with Gasteiger partial charge in [-0.15, -0.1) is 0 Å². The molecular formula is C15H26N4O. The number of aryl methyl sites for hydroxylation is 1. The molecule has 2 rings (SSSR count). The zero-order chi connectivity index (χ0) is 14.4. The molecule has 20 heavy (non-hydrogen) atoms. The quantitative estimate of drug-likeness (QED) is 0.864. The average Bonchev–Trinajstić information content (AvgIpc) is 2.45. The van der Waals surface area contributed by atoms with Crippen molar-refractivity contribution >= 4 is 5.82 Å². The highest BCUT2D eigenvalue weighted by Gasteiger charge is 2.19. The topological polar surface area (TPSA) is 50.3 Å². The molecule has 1 aliphatic heterocycles. The molecule has 0 atom stereocenters. The van der Waals surface area contributed by atoms with Crippen molar-refractivity contribution in [1.82, 2.24) is 14.9 Å². The second-order valence-electron chi connectivity index (χ2n) is 5.50. The zero-order valence-corrected chi connectivity index (χ0v) is 12.9. The van der Waals surface area contributed by atoms with Crippen LogP contribution in [0.4, 0.5) is 5.82 Å². The van der Waals surface area contributed by atoms with Crippen LogP contribution >= 0.6 is 0 Å². The summed E-state index contributed by atoms with van der Waals surface area (Å²) in [6, 6.07) is 2.59. The molecule has 1 aromatic rings. The maximum absolute atomic E-state index is 5.41. The third-order valence-corrected chi connectivity index (χ3v) is 3.66. The Balaban J connectivity index is 1.98. The van der Waals surface area contributed by atoms with E-state index < -0.39 is 0 Å². The minimum Gasteiger partial charge on any atom is -0.381 e. The summed E-state index contributed by atoms with van der Waals surface area (Å²) in [4.78, 5) is 11.5. The maximum atomic E-state index is 5.41. The SMILES string of the molecule is CCCNc1cc(C)nc(CN(C)C2CCOCC2)n1. The van der Waals surface area contributed by atoms with Gasteiger partial charge in [-0.3, -0.25) is 4.90 Å². The number of ether oxygens (including phenoxy) is 1. The molecule has 5 heteroatoms. The summed E-state index contributed by atoms with van der Waals surface area (Å²) >= 11 is 0. The summed E-state index contributed by atoms with van der Waals surface area (Å²) in [6.45, 7) is 7.66. The maximum Gasteiger partial charge on any atom is 0.144 e. The Morgan fingerprint density at radius 3 is 2.80 bits per heavy atom. The number of nitrogens with one attached hydrogen (secondary N) is 1. The fourth-order valence-electron chi connectivity index (χ4n) is 2.52. The van der Waals surface area contributed by atoms with E-state index in [0.717, 1.165) is 62.9 Å². The molecule has 5 nitrogen and oxygen atoms in total. The Labute approximate surface area is 121 Å². The van der Waals surface area contributed by atoms with Gasteiger partial charge in [-0.2, -0.15) is 0 Å². The number of rotatable bonds is 6. The number of hydrogen-bond donors (Lipinski definition) is 1. The first-order valence-electron chi connectivity index (χ1n) is 7.55. The van der Waals surface area contributed by atoms with Crippen LogP contribution in [0.2, 0.25) is 0 Å². The lowest BCUT2D eigenvalue weighted by molar-refractivity contribution is 0.0399. The Morgan fingerprint density at radius 2 is 2.10 bits per heavy atom. The minimum absolute atomic E-state index is 0.583. The predicted octanol–water partition coefficient (Wildman–Crippen LogP) is 2.22. The summed E-state index contributed by atoms with van der Waals surface area (Å²) in [7, 11) is 2.15. The van der Waals surface area contributed by atoms with Gasteiger partial charge in [-0.1, -0.05) is 6.92 Å². The lowest BCUT2D eigenvalue weighted by Gasteiger charge is -2.30. The van der Waals surface area contributed by atoms with Crippen molar-refractivity contribution in [3.63, 3.8) is 0 Å². The summed E-state index contributed by atoms with van der Waals surface area (Å²) in [6.07, 6.45) is 3.30. The van der Waals surface area contributed by atoms with E-state index in [-0.39, 0.29) is 0 Å². The minimum atomic E-state index is 0.583. The summed E-state index contributed by atoms with van der Waals surface area (Å²) in [5.41, 5.74) is 1.02. The van der Waals surface area contributed by atoms with Crippen LogP contribution < -0.4 is 5.32 Å². The first kappa shape index (κ1) is 15.2. The highest BCUT2D eigenvalue weighted by atomic mass is 16.5. The molecule has 2 heterocycles. The van der Waals surface area contributed by atoms with Crippen LogP contribution in [0.5, 0.6) is 0 Å². The van der Waals surface area contributed by atoms with Crippen LogP contribution in [0.3, 0.4) is 0 Å². The van der Waals surface area contributed by atoms with Gasteiger partial charge < -0.3 is 10.1 Å². The first-order chi connectivity index (χ1) is 9.69. The van der Waals surface area contributed by atoms with Crippen LogP contribution in [0.25, 0.3) is 0 Å². The second kappa shape index (κ2) is 7.55. The fraction of sp³-hybridized carbons (Fsp3) is 0.733. The number of hydrogen-bond acceptors (Lipinski definition) is 5. The smallest absolute Gasteiger partial charge is 0.144 e. The Bertz CT molecular complexity index is 418. The van der Waals surface area contributed by atoms with Crippen molar-refractivity contribution in [2.75, 3.05) is 32.1 Å². The molecule has 1 saturated heterocycles. The van der Waals surface area contributed by atoms with E-state index in [4.69, 9.17) is 4.74 Å². The Kier molecular flexibility index (Phi) is 5.73. The van der Waals surface area contributed by atoms with E-state index in [9.17, 15) is 0 Å². The van der Waals surface area contributed by atoms with Gasteiger partial charge in [0, 0.05) is 37.6 Å². The van der Waals surface area contributed by atoms with E-state index in [1.807, 2.05) is 13.0 Å². The largest absolute Gasteiger partial charge is 0.381 e. The molecule has 0 aromatic carbocycles. The molecule has 0 bridgehead atoms. The lowest BCUT2D eigenvalue weighted by Crippen LogP contribution is -2.36. The van der Waals surface area contributed by atoms with Crippen LogP contribution in [-0.4, -0.2) is 47.7 Å². The van der Waals surface area contributed by atoms with E-state index in [0.29, 0.717) is 6.04 Å². The normalized spacial score (nSPS) is 16.6. The highest BCUT2D eigenvalue weighted by Crippen LogP contribution is 2.15. The van der Waals surface area contributed by atoms with E-state index in [1.165, 1.54) is 0 Å². The molecule has 1 N–H and O–H groups in total. The van der Waals surface area contributed by atoms with Crippen LogP contribution in [0.15, 0.2) is 6.07 Å². The highest BCUT2D eigenvalue weighted by molar-refractivity contribution is 5.35. The van der Waals surface area contributed by atoms with Gasteiger partial charge in [-0.05, 0) is 33.2 Å². The predicted molar refractivity (Wildman–Crippen MR) is 80.9 cm³/mol. The van der Waals surface area contributed by atoms with E-state index >= 15 is 0 Å². The van der Waals surface area contributed by atoms with Crippen LogP contribution in [0.1, 0.15) is 37.7 Å². The van der Waals surface area contributed by atoms with E-state index in [2.05, 4.69) is 34.2 Å². The first-order valence-corrected chi connectivity index (χ1v) is 7.55. The molecule has 0 unspecified atom stereocenters. The molecular weight excluding hydrogens is 252 g/mol. The lowest BCUT2D eigenvalue weighted by atomic mass is 10.1. The second-order valence-corrected chi connectivity index (χ2v) is 5.50. The van der Waals surface area contributed by atoms with Gasteiger partial charge in [0.1, 0.15) is 11.6 Å². The Hall–Kier alpha value is -1.20. The third kappa shape index (κ3) is 4.42. The molecule has 0 saturated carbocycles. The monoisotopic (exact) mass is 278 g/mol. The summed E-state index contributed by atoms with van der Waals surface area (Å²) < 4.78 is 5.41. The van der Waals surface area contributed by atoms with Gasteiger partial charge >= 0.3 is 0 Å². The van der Waals surface area contributed by atoms with Crippen LogP contribution in [-0.2, 0) is 11.3 Å². The van der Waals surface area contributed by atoms with Crippen molar-refractivity contribution in [3.8, 4) is 0 Å². The molecule has 1 aromatic heterocycles. The molecule has 0 radical (unpaired) electrons. The molecule has 0 spiro atoms. The zero-order valence-electron chi connectivity index (χ0n) is 12.9. The van der Waals surface area contributed by atoms with Gasteiger partial charge in [0.2, 0.25) is 0 Å².